The van der Waals surface area contributed by atoms with Gasteiger partial charge in [-0.2, -0.15) is 0 Å². The second kappa shape index (κ2) is 9.87. The molecular formula is C19H26N8O2. The Morgan fingerprint density at radius 2 is 1.93 bits per heavy atom. The van der Waals surface area contributed by atoms with Crippen LogP contribution in [0.15, 0.2) is 35.6 Å². The third kappa shape index (κ3) is 5.44. The van der Waals surface area contributed by atoms with Crippen molar-refractivity contribution >= 4 is 18.5 Å². The normalized spacial score (nSPS) is 15.7. The van der Waals surface area contributed by atoms with Gasteiger partial charge in [-0.05, 0) is 61.3 Å². The van der Waals surface area contributed by atoms with Crippen LogP contribution >= 0.6 is 0 Å². The van der Waals surface area contributed by atoms with Crippen molar-refractivity contribution in [1.29, 1.82) is 0 Å². The van der Waals surface area contributed by atoms with E-state index in [2.05, 4.69) is 37.5 Å². The average molecular weight is 398 g/mol. The molecule has 0 spiro atoms. The van der Waals surface area contributed by atoms with Gasteiger partial charge in [-0.3, -0.25) is 9.59 Å². The summed E-state index contributed by atoms with van der Waals surface area (Å²) in [5, 5.41) is 13.9. The van der Waals surface area contributed by atoms with E-state index in [1.165, 1.54) is 11.0 Å². The topological polar surface area (TPSA) is 109 Å². The molecule has 2 aromatic rings. The molecule has 1 aromatic carbocycles. The molecule has 1 N–H and O–H groups in total. The van der Waals surface area contributed by atoms with E-state index >= 15 is 0 Å². The second-order valence-electron chi connectivity index (χ2n) is 7.05. The van der Waals surface area contributed by atoms with Crippen LogP contribution in [0.1, 0.15) is 23.2 Å². The minimum atomic E-state index is -0.577. The van der Waals surface area contributed by atoms with Gasteiger partial charge in [0.1, 0.15) is 12.4 Å². The SMILES string of the molecule is C=NCCC[C@H](NC(=O)c1ccc(-n2cnnn2)cc1)C(=O)N1CCN(C)CC1. The Hall–Kier alpha value is -3.14. The van der Waals surface area contributed by atoms with Gasteiger partial charge in [0.25, 0.3) is 5.91 Å². The first-order valence-electron chi connectivity index (χ1n) is 9.62. The average Bonchev–Trinajstić information content (AvgIpc) is 3.28. The number of hydrogen-bond donors (Lipinski definition) is 1. The van der Waals surface area contributed by atoms with Crippen molar-refractivity contribution in [3.8, 4) is 5.69 Å². The number of likely N-dealkylation sites (N-methyl/N-ethyl adjacent to an activating group) is 1. The van der Waals surface area contributed by atoms with E-state index in [-0.39, 0.29) is 11.8 Å². The Balaban J connectivity index is 1.66. The van der Waals surface area contributed by atoms with Crippen molar-refractivity contribution < 1.29 is 9.59 Å². The first-order valence-corrected chi connectivity index (χ1v) is 9.62. The molecule has 1 saturated heterocycles. The van der Waals surface area contributed by atoms with Gasteiger partial charge in [-0.1, -0.05) is 0 Å². The van der Waals surface area contributed by atoms with Crippen LogP contribution in [0.5, 0.6) is 0 Å². The fourth-order valence-electron chi connectivity index (χ4n) is 3.20. The fraction of sp³-hybridized carbons (Fsp3) is 0.474. The molecule has 0 saturated carbocycles. The molecule has 29 heavy (non-hydrogen) atoms. The zero-order valence-electron chi connectivity index (χ0n) is 16.6. The molecule has 0 aliphatic carbocycles. The zero-order chi connectivity index (χ0) is 20.6. The van der Waals surface area contributed by atoms with Gasteiger partial charge in [0.15, 0.2) is 0 Å². The summed E-state index contributed by atoms with van der Waals surface area (Å²) < 4.78 is 1.50. The summed E-state index contributed by atoms with van der Waals surface area (Å²) in [6.45, 7) is 7.05. The number of carbonyl (C=O) groups excluding carboxylic acids is 2. The Labute approximate surface area is 169 Å². The highest BCUT2D eigenvalue weighted by molar-refractivity contribution is 5.97. The maximum absolute atomic E-state index is 13.0. The Morgan fingerprint density at radius 1 is 1.21 bits per heavy atom. The third-order valence-corrected chi connectivity index (χ3v) is 4.97. The molecule has 10 heteroatoms. The molecule has 1 aliphatic rings. The van der Waals surface area contributed by atoms with Crippen LogP contribution < -0.4 is 5.32 Å². The van der Waals surface area contributed by atoms with Crippen molar-refractivity contribution in [2.75, 3.05) is 39.8 Å². The summed E-state index contributed by atoms with van der Waals surface area (Å²) >= 11 is 0. The molecule has 0 bridgehead atoms. The maximum atomic E-state index is 13.0. The number of rotatable bonds is 8. The summed E-state index contributed by atoms with van der Waals surface area (Å²) in [4.78, 5) is 33.6. The monoisotopic (exact) mass is 398 g/mol. The van der Waals surface area contributed by atoms with Crippen molar-refractivity contribution in [1.82, 2.24) is 35.3 Å². The van der Waals surface area contributed by atoms with Gasteiger partial charge >= 0.3 is 0 Å². The van der Waals surface area contributed by atoms with Crippen LogP contribution in [0, 0.1) is 0 Å². The molecule has 3 rings (SSSR count). The van der Waals surface area contributed by atoms with Crippen LogP contribution in [-0.4, -0.2) is 94.4 Å². The molecule has 2 amide bonds. The molecule has 0 radical (unpaired) electrons. The molecule has 1 fully saturated rings. The van der Waals surface area contributed by atoms with Crippen LogP contribution in [0.2, 0.25) is 0 Å². The van der Waals surface area contributed by atoms with Gasteiger partial charge in [-0.25, -0.2) is 4.68 Å². The standard InChI is InChI=1S/C19H26N8O2/c1-20-9-3-4-17(19(29)26-12-10-25(2)11-13-26)22-18(28)15-5-7-16(8-6-15)27-14-21-23-24-27/h5-8,14,17H,1,3-4,9-13H2,2H3,(H,22,28)/t17-/m0/s1. The van der Waals surface area contributed by atoms with Gasteiger partial charge in [0.05, 0.1) is 5.69 Å². The minimum absolute atomic E-state index is 0.0409. The van der Waals surface area contributed by atoms with E-state index in [1.807, 2.05) is 11.9 Å². The van der Waals surface area contributed by atoms with Crippen LogP contribution in [0.4, 0.5) is 0 Å². The van der Waals surface area contributed by atoms with Crippen LogP contribution in [0.3, 0.4) is 0 Å². The summed E-state index contributed by atoms with van der Waals surface area (Å²) in [5.74, 6) is -0.326. The first-order chi connectivity index (χ1) is 14.1. The molecule has 2 heterocycles. The van der Waals surface area contributed by atoms with Gasteiger partial charge < -0.3 is 20.1 Å². The number of nitrogens with one attached hydrogen (secondary N) is 1. The minimum Gasteiger partial charge on any atom is -0.340 e. The fourth-order valence-corrected chi connectivity index (χ4v) is 3.20. The first kappa shape index (κ1) is 20.6. The lowest BCUT2D eigenvalue weighted by Crippen LogP contribution is -2.54. The number of piperazine rings is 1. The Morgan fingerprint density at radius 3 is 2.55 bits per heavy atom. The molecule has 1 atom stereocenters. The Kier molecular flexibility index (Phi) is 7.01. The Bertz CT molecular complexity index is 813. The predicted octanol–water partition coefficient (Wildman–Crippen LogP) is 0.0155. The summed E-state index contributed by atoms with van der Waals surface area (Å²) in [5.41, 5.74) is 1.22. The molecule has 0 unspecified atom stereocenters. The van der Waals surface area contributed by atoms with Crippen molar-refractivity contribution in [3.05, 3.63) is 36.2 Å². The number of amides is 2. The van der Waals surface area contributed by atoms with E-state index in [4.69, 9.17) is 0 Å². The molecule has 1 aliphatic heterocycles. The van der Waals surface area contributed by atoms with Gasteiger partial charge in [-0.15, -0.1) is 5.10 Å². The van der Waals surface area contributed by atoms with Gasteiger partial charge in [0.2, 0.25) is 5.91 Å². The predicted molar refractivity (Wildman–Crippen MR) is 108 cm³/mol. The number of carbonyl (C=O) groups is 2. The zero-order valence-corrected chi connectivity index (χ0v) is 16.6. The highest BCUT2D eigenvalue weighted by Crippen LogP contribution is 2.11. The van der Waals surface area contributed by atoms with E-state index in [9.17, 15) is 9.59 Å². The lowest BCUT2D eigenvalue weighted by Gasteiger charge is -2.34. The quantitative estimate of drug-likeness (QED) is 0.496. The summed E-state index contributed by atoms with van der Waals surface area (Å²) in [6.07, 6.45) is 2.69. The van der Waals surface area contributed by atoms with E-state index < -0.39 is 6.04 Å². The van der Waals surface area contributed by atoms with E-state index in [0.717, 1.165) is 18.8 Å². The maximum Gasteiger partial charge on any atom is 0.251 e. The molecule has 10 nitrogen and oxygen atoms in total. The van der Waals surface area contributed by atoms with E-state index in [0.29, 0.717) is 38.0 Å². The largest absolute Gasteiger partial charge is 0.340 e. The van der Waals surface area contributed by atoms with Crippen molar-refractivity contribution in [2.45, 2.75) is 18.9 Å². The number of nitrogens with zero attached hydrogens (tertiary/aromatic N) is 7. The second-order valence-corrected chi connectivity index (χ2v) is 7.05. The summed E-state index contributed by atoms with van der Waals surface area (Å²) in [6, 6.07) is 6.31. The smallest absolute Gasteiger partial charge is 0.251 e. The van der Waals surface area contributed by atoms with Gasteiger partial charge in [0, 0.05) is 38.3 Å². The lowest BCUT2D eigenvalue weighted by atomic mass is 10.1. The summed E-state index contributed by atoms with van der Waals surface area (Å²) in [7, 11) is 2.04. The molecule has 154 valence electrons. The molecular weight excluding hydrogens is 372 g/mol. The van der Waals surface area contributed by atoms with Crippen LogP contribution in [-0.2, 0) is 4.79 Å². The molecule has 1 aromatic heterocycles. The number of benzene rings is 1. The lowest BCUT2D eigenvalue weighted by molar-refractivity contribution is -0.135. The van der Waals surface area contributed by atoms with E-state index in [1.54, 1.807) is 24.3 Å². The highest BCUT2D eigenvalue weighted by Gasteiger charge is 2.28. The number of aromatic nitrogens is 4. The number of hydrogen-bond acceptors (Lipinski definition) is 7. The number of aliphatic imine (C=N–C) groups is 1. The van der Waals surface area contributed by atoms with Crippen LogP contribution in [0.25, 0.3) is 5.69 Å². The van der Waals surface area contributed by atoms with Crippen molar-refractivity contribution in [2.24, 2.45) is 4.99 Å². The number of tetrazole rings is 1. The highest BCUT2D eigenvalue weighted by atomic mass is 16.2. The third-order valence-electron chi connectivity index (χ3n) is 4.97. The van der Waals surface area contributed by atoms with Crippen molar-refractivity contribution in [3.63, 3.8) is 0 Å².